The largest absolute Gasteiger partial charge is 0.479 e. The molecule has 0 spiro atoms. The number of aliphatic hydroxyl groups is 2. The molecule has 3 fully saturated rings. The molecule has 4 N–H and O–H groups in total. The number of carbonyl (C=O) groups is 2. The van der Waals surface area contributed by atoms with Crippen molar-refractivity contribution >= 4 is 17.6 Å². The number of aliphatic carboxylic acids is 1. The molecular weight excluding hydrogens is 448 g/mol. The highest BCUT2D eigenvalue weighted by molar-refractivity contribution is 5.96. The molecule has 0 saturated heterocycles. The van der Waals surface area contributed by atoms with Gasteiger partial charge in [-0.25, -0.2) is 4.79 Å². The number of amides is 1. The Bertz CT molecular complexity index is 913. The van der Waals surface area contributed by atoms with Gasteiger partial charge in [-0.1, -0.05) is 38.4 Å². The lowest BCUT2D eigenvalue weighted by Gasteiger charge is -2.57. The SMILES string of the molecule is CC(C)(CNC(=O)CO/N=C1/C=C2CC[C@@H]3[C@@H]4CC[C@H](O)[C@@]4(C)CC[C@@H]3[C@@]2(C)CC1)[C@H](O)C(=O)O. The fourth-order valence-electron chi connectivity index (χ4n) is 7.60. The van der Waals surface area contributed by atoms with Crippen molar-refractivity contribution in [1.82, 2.24) is 5.32 Å². The predicted molar refractivity (Wildman–Crippen MR) is 132 cm³/mol. The molecule has 4 rings (SSSR count). The van der Waals surface area contributed by atoms with E-state index in [9.17, 15) is 19.8 Å². The van der Waals surface area contributed by atoms with Crippen molar-refractivity contribution in [2.75, 3.05) is 13.2 Å². The van der Waals surface area contributed by atoms with Gasteiger partial charge in [-0.05, 0) is 86.0 Å². The van der Waals surface area contributed by atoms with Crippen LogP contribution in [-0.2, 0) is 14.4 Å². The number of oxime groups is 1. The van der Waals surface area contributed by atoms with Gasteiger partial charge < -0.3 is 25.5 Å². The molecule has 8 heteroatoms. The Morgan fingerprint density at radius 3 is 2.63 bits per heavy atom. The summed E-state index contributed by atoms with van der Waals surface area (Å²) in [5.41, 5.74) is 1.57. The molecule has 0 aromatic heterocycles. The summed E-state index contributed by atoms with van der Waals surface area (Å²) >= 11 is 0. The van der Waals surface area contributed by atoms with E-state index in [1.54, 1.807) is 13.8 Å². The number of hydrogen-bond acceptors (Lipinski definition) is 6. The summed E-state index contributed by atoms with van der Waals surface area (Å²) in [6.45, 7) is 7.65. The molecular formula is C27H42N2O6. The third-order valence-corrected chi connectivity index (χ3v) is 10.0. The summed E-state index contributed by atoms with van der Waals surface area (Å²) in [5.74, 6) is 0.256. The van der Waals surface area contributed by atoms with E-state index in [4.69, 9.17) is 9.94 Å². The minimum Gasteiger partial charge on any atom is -0.479 e. The Kier molecular flexibility index (Phi) is 7.10. The summed E-state index contributed by atoms with van der Waals surface area (Å²) in [6, 6.07) is 0. The highest BCUT2D eigenvalue weighted by Crippen LogP contribution is 2.65. The summed E-state index contributed by atoms with van der Waals surface area (Å²) in [7, 11) is 0. The van der Waals surface area contributed by atoms with Crippen molar-refractivity contribution < 1.29 is 29.7 Å². The lowest BCUT2D eigenvalue weighted by molar-refractivity contribution is -0.153. The van der Waals surface area contributed by atoms with Crippen molar-refractivity contribution in [3.63, 3.8) is 0 Å². The quantitative estimate of drug-likeness (QED) is 0.406. The first-order valence-corrected chi connectivity index (χ1v) is 13.1. The molecule has 0 radical (unpaired) electrons. The maximum absolute atomic E-state index is 12.1. The van der Waals surface area contributed by atoms with E-state index in [0.29, 0.717) is 17.8 Å². The summed E-state index contributed by atoms with van der Waals surface area (Å²) in [4.78, 5) is 28.5. The van der Waals surface area contributed by atoms with E-state index >= 15 is 0 Å². The number of aliphatic hydroxyl groups excluding tert-OH is 2. The molecule has 7 atom stereocenters. The number of nitrogens with zero attached hydrogens (tertiary/aromatic N) is 1. The minimum absolute atomic E-state index is 0.0151. The normalized spacial score (nSPS) is 38.6. The van der Waals surface area contributed by atoms with Crippen LogP contribution in [0.5, 0.6) is 0 Å². The van der Waals surface area contributed by atoms with Gasteiger partial charge >= 0.3 is 5.97 Å². The molecule has 35 heavy (non-hydrogen) atoms. The molecule has 0 aliphatic heterocycles. The number of carbonyl (C=O) groups excluding carboxylic acids is 1. The van der Waals surface area contributed by atoms with Gasteiger partial charge in [0.05, 0.1) is 11.8 Å². The van der Waals surface area contributed by atoms with Crippen LogP contribution in [0.3, 0.4) is 0 Å². The smallest absolute Gasteiger partial charge is 0.333 e. The molecule has 8 nitrogen and oxygen atoms in total. The third kappa shape index (κ3) is 4.76. The van der Waals surface area contributed by atoms with Crippen molar-refractivity contribution in [3.8, 4) is 0 Å². The topological polar surface area (TPSA) is 128 Å². The first kappa shape index (κ1) is 26.1. The van der Waals surface area contributed by atoms with Crippen LogP contribution in [0.4, 0.5) is 0 Å². The fraction of sp³-hybridized carbons (Fsp3) is 0.815. The predicted octanol–water partition coefficient (Wildman–Crippen LogP) is 3.27. The number of rotatable bonds is 7. The van der Waals surface area contributed by atoms with E-state index in [1.807, 2.05) is 0 Å². The number of carboxylic acid groups (broad SMARTS) is 1. The highest BCUT2D eigenvalue weighted by Gasteiger charge is 2.58. The van der Waals surface area contributed by atoms with Crippen LogP contribution >= 0.6 is 0 Å². The van der Waals surface area contributed by atoms with Gasteiger partial charge in [-0.15, -0.1) is 0 Å². The molecule has 3 saturated carbocycles. The molecule has 196 valence electrons. The van der Waals surface area contributed by atoms with Gasteiger partial charge in [0.1, 0.15) is 0 Å². The number of carboxylic acids is 1. The lowest BCUT2D eigenvalue weighted by atomic mass is 9.47. The highest BCUT2D eigenvalue weighted by atomic mass is 16.6. The first-order valence-electron chi connectivity index (χ1n) is 13.1. The average molecular weight is 491 g/mol. The first-order chi connectivity index (χ1) is 16.4. The van der Waals surface area contributed by atoms with E-state index in [0.717, 1.165) is 44.2 Å². The van der Waals surface area contributed by atoms with Crippen molar-refractivity contribution in [2.45, 2.75) is 91.3 Å². The number of fused-ring (bicyclic) bond motifs is 5. The molecule has 4 aliphatic rings. The molecule has 0 heterocycles. The lowest BCUT2D eigenvalue weighted by Crippen LogP contribution is -2.51. The van der Waals surface area contributed by atoms with Gasteiger partial charge in [0.2, 0.25) is 0 Å². The molecule has 1 amide bonds. The maximum Gasteiger partial charge on any atom is 0.333 e. The summed E-state index contributed by atoms with van der Waals surface area (Å²) in [5, 5.41) is 36.2. The zero-order chi connectivity index (χ0) is 25.6. The van der Waals surface area contributed by atoms with Crippen molar-refractivity contribution in [1.29, 1.82) is 0 Å². The Balaban J connectivity index is 1.33. The number of nitrogens with one attached hydrogen (secondary N) is 1. The van der Waals surface area contributed by atoms with Crippen LogP contribution in [0, 0.1) is 34.0 Å². The van der Waals surface area contributed by atoms with Gasteiger partial charge in [0, 0.05) is 12.0 Å². The van der Waals surface area contributed by atoms with Crippen LogP contribution in [-0.4, -0.2) is 58.3 Å². The Morgan fingerprint density at radius 2 is 1.91 bits per heavy atom. The minimum atomic E-state index is -1.57. The van der Waals surface area contributed by atoms with Gasteiger partial charge in [0.15, 0.2) is 12.7 Å². The maximum atomic E-state index is 12.1. The van der Waals surface area contributed by atoms with Gasteiger partial charge in [-0.2, -0.15) is 0 Å². The van der Waals surface area contributed by atoms with Crippen LogP contribution in [0.1, 0.15) is 79.1 Å². The Labute approximate surface area is 208 Å². The van der Waals surface area contributed by atoms with E-state index < -0.39 is 23.4 Å². The Morgan fingerprint density at radius 1 is 1.17 bits per heavy atom. The number of allylic oxidation sites excluding steroid dienone is 2. The zero-order valence-corrected chi connectivity index (χ0v) is 21.5. The van der Waals surface area contributed by atoms with E-state index in [1.165, 1.54) is 18.4 Å². The average Bonchev–Trinajstić information content (AvgIpc) is 3.11. The summed E-state index contributed by atoms with van der Waals surface area (Å²) in [6.07, 6.45) is 8.93. The van der Waals surface area contributed by atoms with E-state index in [2.05, 4.69) is 30.4 Å². The molecule has 0 bridgehead atoms. The fourth-order valence-corrected chi connectivity index (χ4v) is 7.60. The Hall–Kier alpha value is -1.93. The van der Waals surface area contributed by atoms with Crippen LogP contribution < -0.4 is 5.32 Å². The standard InChI is InChI=1S/C27H42N2O6/c1-25(2,23(32)24(33)34)15-28-22(31)14-35-29-17-9-11-26(3)16(13-17)5-6-18-19-7-8-21(30)27(19,4)12-10-20(18)26/h13,18-21,23,30,32H,5-12,14-15H2,1-4H3,(H,28,31)(H,33,34)/b29-17+/t18-,19+,20+,21+,23-,26+,27+/m1/s1. The molecule has 4 aliphatic carbocycles. The molecule has 0 unspecified atom stereocenters. The monoisotopic (exact) mass is 490 g/mol. The van der Waals surface area contributed by atoms with Gasteiger partial charge in [-0.3, -0.25) is 4.79 Å². The van der Waals surface area contributed by atoms with Crippen LogP contribution in [0.25, 0.3) is 0 Å². The second-order valence-electron chi connectivity index (χ2n) is 12.5. The second kappa shape index (κ2) is 9.51. The zero-order valence-electron chi connectivity index (χ0n) is 21.5. The number of hydrogen-bond donors (Lipinski definition) is 4. The molecule has 0 aromatic rings. The van der Waals surface area contributed by atoms with Crippen molar-refractivity contribution in [3.05, 3.63) is 11.6 Å². The van der Waals surface area contributed by atoms with Gasteiger partial charge in [0.25, 0.3) is 5.91 Å². The van der Waals surface area contributed by atoms with Crippen LogP contribution in [0.2, 0.25) is 0 Å². The second-order valence-corrected chi connectivity index (χ2v) is 12.5. The van der Waals surface area contributed by atoms with E-state index in [-0.39, 0.29) is 30.1 Å². The summed E-state index contributed by atoms with van der Waals surface area (Å²) < 4.78 is 0. The van der Waals surface area contributed by atoms with Crippen molar-refractivity contribution in [2.24, 2.45) is 39.2 Å². The third-order valence-electron chi connectivity index (χ3n) is 10.0. The molecule has 0 aromatic carbocycles. The van der Waals surface area contributed by atoms with Crippen LogP contribution in [0.15, 0.2) is 16.8 Å².